The van der Waals surface area contributed by atoms with Crippen LogP contribution in [0.15, 0.2) is 102 Å². The van der Waals surface area contributed by atoms with E-state index in [1.165, 1.54) is 6.07 Å². The number of rotatable bonds is 3. The summed E-state index contributed by atoms with van der Waals surface area (Å²) in [6.07, 6.45) is 1.63. The lowest BCUT2D eigenvalue weighted by atomic mass is 9.97. The first-order chi connectivity index (χ1) is 18.2. The molecular formula is C32H25FNO+. The van der Waals surface area contributed by atoms with Gasteiger partial charge >= 0.3 is 0 Å². The molecule has 170 valence electrons. The molecule has 4 aromatic carbocycles. The van der Waals surface area contributed by atoms with Gasteiger partial charge in [-0.25, -0.2) is 8.96 Å². The van der Waals surface area contributed by atoms with Crippen LogP contribution in [0.25, 0.3) is 55.4 Å². The fourth-order valence-corrected chi connectivity index (χ4v) is 4.89. The molecule has 0 aliphatic heterocycles. The zero-order chi connectivity index (χ0) is 26.6. The standard InChI is InChI=1S/C32H25FNO/c1-20-9-18-28(34(3)19-20)29-21(2)10-15-25-26-16-17-27(33)30(32(26)35-31(25)29)24-13-11-23(12-14-24)22-7-5-4-6-8-22/h4-19H,1-3H3/q+1/i1D3. The molecule has 0 fully saturated rings. The van der Waals surface area contributed by atoms with Crippen LogP contribution >= 0.6 is 0 Å². The van der Waals surface area contributed by atoms with Crippen LogP contribution < -0.4 is 4.57 Å². The van der Waals surface area contributed by atoms with Gasteiger partial charge < -0.3 is 4.42 Å². The Bertz CT molecular complexity index is 1820. The first kappa shape index (κ1) is 18.1. The van der Waals surface area contributed by atoms with Crippen molar-refractivity contribution in [2.75, 3.05) is 0 Å². The number of aromatic nitrogens is 1. The lowest BCUT2D eigenvalue weighted by Gasteiger charge is -2.07. The molecule has 2 aromatic heterocycles. The molecule has 2 heterocycles. The third-order valence-corrected chi connectivity index (χ3v) is 6.64. The van der Waals surface area contributed by atoms with E-state index in [0.29, 0.717) is 16.7 Å². The van der Waals surface area contributed by atoms with Crippen molar-refractivity contribution in [2.24, 2.45) is 7.05 Å². The summed E-state index contributed by atoms with van der Waals surface area (Å²) in [6, 6.07) is 28.6. The van der Waals surface area contributed by atoms with Crippen LogP contribution in [0, 0.1) is 19.6 Å². The van der Waals surface area contributed by atoms with E-state index >= 15 is 4.39 Å². The van der Waals surface area contributed by atoms with Crippen molar-refractivity contribution >= 4 is 21.9 Å². The number of aryl methyl sites for hydroxylation is 3. The van der Waals surface area contributed by atoms with E-state index in [9.17, 15) is 0 Å². The van der Waals surface area contributed by atoms with Gasteiger partial charge in [0.25, 0.3) is 0 Å². The molecule has 0 radical (unpaired) electrons. The Balaban J connectivity index is 1.55. The van der Waals surface area contributed by atoms with Crippen molar-refractivity contribution in [3.8, 4) is 33.5 Å². The van der Waals surface area contributed by atoms with Gasteiger partial charge in [0, 0.05) is 26.5 Å². The van der Waals surface area contributed by atoms with Crippen LogP contribution in [0.2, 0.25) is 0 Å². The number of benzene rings is 4. The molecule has 2 nitrogen and oxygen atoms in total. The highest BCUT2D eigenvalue weighted by Gasteiger charge is 2.23. The third kappa shape index (κ3) is 3.52. The molecule has 0 amide bonds. The van der Waals surface area contributed by atoms with Gasteiger partial charge in [-0.2, -0.15) is 0 Å². The van der Waals surface area contributed by atoms with Gasteiger partial charge in [0.15, 0.2) is 6.20 Å². The van der Waals surface area contributed by atoms with Crippen LogP contribution in [-0.2, 0) is 7.05 Å². The maximum atomic E-state index is 15.4. The first-order valence-electron chi connectivity index (χ1n) is 13.0. The second kappa shape index (κ2) is 8.21. The largest absolute Gasteiger partial charge is 0.454 e. The van der Waals surface area contributed by atoms with Crippen molar-refractivity contribution < 1.29 is 17.5 Å². The summed E-state index contributed by atoms with van der Waals surface area (Å²) in [6.45, 7) is -0.206. The van der Waals surface area contributed by atoms with E-state index in [2.05, 4.69) is 0 Å². The quantitative estimate of drug-likeness (QED) is 0.243. The van der Waals surface area contributed by atoms with Crippen LogP contribution in [0.1, 0.15) is 15.2 Å². The van der Waals surface area contributed by atoms with Gasteiger partial charge in [0.2, 0.25) is 5.69 Å². The van der Waals surface area contributed by atoms with Crippen molar-refractivity contribution in [1.29, 1.82) is 0 Å². The summed E-state index contributed by atoms with van der Waals surface area (Å²) in [5.41, 5.74) is 7.34. The molecular weight excluding hydrogens is 433 g/mol. The second-order valence-electron chi connectivity index (χ2n) is 8.89. The zero-order valence-electron chi connectivity index (χ0n) is 22.5. The molecule has 3 heteroatoms. The highest BCUT2D eigenvalue weighted by molar-refractivity contribution is 6.13. The Labute approximate surface area is 208 Å². The Morgan fingerprint density at radius 3 is 2.09 bits per heavy atom. The summed E-state index contributed by atoms with van der Waals surface area (Å²) in [7, 11) is 1.82. The van der Waals surface area contributed by atoms with Crippen molar-refractivity contribution in [3.05, 3.63) is 114 Å². The van der Waals surface area contributed by atoms with E-state index in [-0.39, 0.29) is 11.4 Å². The minimum Gasteiger partial charge on any atom is -0.454 e. The van der Waals surface area contributed by atoms with Gasteiger partial charge in [-0.3, -0.25) is 0 Å². The Kier molecular flexibility index (Phi) is 4.25. The topological polar surface area (TPSA) is 17.0 Å². The van der Waals surface area contributed by atoms with E-state index < -0.39 is 6.85 Å². The predicted octanol–water partition coefficient (Wildman–Crippen LogP) is 8.17. The number of halogens is 1. The number of hydrogen-bond acceptors (Lipinski definition) is 1. The van der Waals surface area contributed by atoms with Crippen LogP contribution in [-0.4, -0.2) is 0 Å². The maximum Gasteiger partial charge on any atom is 0.216 e. The normalized spacial score (nSPS) is 13.1. The minimum absolute atomic E-state index is 0.265. The number of nitrogens with zero attached hydrogens (tertiary/aromatic N) is 1. The minimum atomic E-state index is -2.20. The van der Waals surface area contributed by atoms with Gasteiger partial charge in [0.05, 0.1) is 11.1 Å². The van der Waals surface area contributed by atoms with Crippen LogP contribution in [0.5, 0.6) is 0 Å². The van der Waals surface area contributed by atoms with Gasteiger partial charge in [-0.15, -0.1) is 0 Å². The highest BCUT2D eigenvalue weighted by atomic mass is 19.1. The average molecular weight is 462 g/mol. The molecule has 35 heavy (non-hydrogen) atoms. The molecule has 6 aromatic rings. The monoisotopic (exact) mass is 461 g/mol. The predicted molar refractivity (Wildman–Crippen MR) is 141 cm³/mol. The number of fused-ring (bicyclic) bond motifs is 3. The van der Waals surface area contributed by atoms with Gasteiger partial charge in [-0.1, -0.05) is 66.7 Å². The van der Waals surface area contributed by atoms with E-state index in [4.69, 9.17) is 8.53 Å². The summed E-state index contributed by atoms with van der Waals surface area (Å²) < 4.78 is 46.9. The summed E-state index contributed by atoms with van der Waals surface area (Å²) >= 11 is 0. The molecule has 0 atom stereocenters. The SMILES string of the molecule is [2H]C([2H])([2H])c1ccc(-c2c(C)ccc3c2oc2c(-c4ccc(-c5ccccc5)cc4)c(F)ccc23)[n+](C)c1. The number of pyridine rings is 1. The summed E-state index contributed by atoms with van der Waals surface area (Å²) in [4.78, 5) is 0. The molecule has 0 aliphatic rings. The Hall–Kier alpha value is -4.24. The molecule has 6 rings (SSSR count). The van der Waals surface area contributed by atoms with Crippen molar-refractivity contribution in [3.63, 3.8) is 0 Å². The number of furan rings is 1. The molecule has 0 bridgehead atoms. The molecule has 0 saturated carbocycles. The van der Waals surface area contributed by atoms with Crippen LogP contribution in [0.4, 0.5) is 4.39 Å². The first-order valence-corrected chi connectivity index (χ1v) is 11.5. The lowest BCUT2D eigenvalue weighted by Crippen LogP contribution is -2.31. The maximum absolute atomic E-state index is 15.4. The summed E-state index contributed by atoms with van der Waals surface area (Å²) in [5.74, 6) is -0.352. The van der Waals surface area contributed by atoms with E-state index in [1.54, 1.807) is 29.0 Å². The van der Waals surface area contributed by atoms with Crippen molar-refractivity contribution in [1.82, 2.24) is 0 Å². The molecule has 0 N–H and O–H groups in total. The second-order valence-corrected chi connectivity index (χ2v) is 8.89. The molecule has 0 aliphatic carbocycles. The molecule has 0 saturated heterocycles. The lowest BCUT2D eigenvalue weighted by molar-refractivity contribution is -0.660. The third-order valence-electron chi connectivity index (χ3n) is 6.64. The molecule has 0 spiro atoms. The number of hydrogen-bond donors (Lipinski definition) is 0. The van der Waals surface area contributed by atoms with Gasteiger partial charge in [0.1, 0.15) is 24.0 Å². The Morgan fingerprint density at radius 2 is 1.37 bits per heavy atom. The fourth-order valence-electron chi connectivity index (χ4n) is 4.89. The van der Waals surface area contributed by atoms with E-state index in [0.717, 1.165) is 44.3 Å². The zero-order valence-corrected chi connectivity index (χ0v) is 19.5. The molecule has 0 unspecified atom stereocenters. The van der Waals surface area contributed by atoms with Gasteiger partial charge in [-0.05, 0) is 54.2 Å². The average Bonchev–Trinajstić information content (AvgIpc) is 3.27. The van der Waals surface area contributed by atoms with Crippen LogP contribution in [0.3, 0.4) is 0 Å². The van der Waals surface area contributed by atoms with Crippen molar-refractivity contribution in [2.45, 2.75) is 13.8 Å². The van der Waals surface area contributed by atoms with E-state index in [1.807, 2.05) is 80.7 Å². The fraction of sp³-hybridized carbons (Fsp3) is 0.0938. The smallest absolute Gasteiger partial charge is 0.216 e. The Morgan fingerprint density at radius 1 is 0.714 bits per heavy atom. The summed E-state index contributed by atoms with van der Waals surface area (Å²) in [5, 5.41) is 1.70. The highest BCUT2D eigenvalue weighted by Crippen LogP contribution is 2.41.